The van der Waals surface area contributed by atoms with Crippen molar-refractivity contribution in [3.63, 3.8) is 0 Å². The van der Waals surface area contributed by atoms with E-state index in [0.717, 1.165) is 12.1 Å². The number of hydrogen-bond donors (Lipinski definition) is 0. The summed E-state index contributed by atoms with van der Waals surface area (Å²) in [6.45, 7) is -1.53. The van der Waals surface area contributed by atoms with Gasteiger partial charge in [0.25, 0.3) is 0 Å². The van der Waals surface area contributed by atoms with Crippen LogP contribution in [0.3, 0.4) is 0 Å². The van der Waals surface area contributed by atoms with Gasteiger partial charge in [-0.25, -0.2) is 0 Å². The molecule has 2 aromatic rings. The van der Waals surface area contributed by atoms with Crippen LogP contribution in [-0.4, -0.2) is 11.7 Å². The van der Waals surface area contributed by atoms with E-state index in [-0.39, 0.29) is 20.1 Å². The second kappa shape index (κ2) is 9.70. The molecule has 0 fully saturated rings. The van der Waals surface area contributed by atoms with Gasteiger partial charge < -0.3 is 0 Å². The van der Waals surface area contributed by atoms with Crippen molar-refractivity contribution in [1.82, 2.24) is 4.98 Å². The number of benzene rings is 1. The van der Waals surface area contributed by atoms with Crippen LogP contribution < -0.4 is 0 Å². The number of aryl methyl sites for hydroxylation is 1. The Morgan fingerprint density at radius 3 is 2.00 bits per heavy atom. The zero-order valence-electron chi connectivity index (χ0n) is 10.3. The molecule has 0 unspecified atom stereocenters. The number of pyridine rings is 1. The normalized spacial score (nSPS) is 9.32. The molecule has 0 bridgehead atoms. The molecule has 0 aliphatic carbocycles. The second-order valence-corrected chi connectivity index (χ2v) is 3.52. The van der Waals surface area contributed by atoms with Crippen LogP contribution in [0.2, 0.25) is 0 Å². The van der Waals surface area contributed by atoms with E-state index in [1.54, 1.807) is 0 Å². The van der Waals surface area contributed by atoms with Gasteiger partial charge in [0.2, 0.25) is 0 Å². The minimum atomic E-state index is -3.67. The zero-order chi connectivity index (χ0) is 13.4. The molecule has 0 aliphatic heterocycles. The molecular weight excluding hydrogens is 431 g/mol. The monoisotopic (exact) mass is 446 g/mol. The van der Waals surface area contributed by atoms with Crippen LogP contribution in [0, 0.1) is 0 Å². The van der Waals surface area contributed by atoms with Gasteiger partial charge in [-0.3, -0.25) is 4.98 Å². The summed E-state index contributed by atoms with van der Waals surface area (Å²) in [6, 6.07) is 14.4. The number of nitrogens with zero attached hydrogens (tertiary/aromatic N) is 1. The summed E-state index contributed by atoms with van der Waals surface area (Å²) < 4.78 is 29.0. The SMILES string of the molecule is CCc1ccc(-c2ccccc2)nc1.FC(F)F.[Ir]. The molecule has 1 aromatic carbocycles. The summed E-state index contributed by atoms with van der Waals surface area (Å²) in [6.07, 6.45) is 2.99. The van der Waals surface area contributed by atoms with Crippen molar-refractivity contribution in [2.45, 2.75) is 20.0 Å². The molecule has 0 aliphatic rings. The Balaban J connectivity index is 0.000000576. The molecule has 1 aromatic heterocycles. The van der Waals surface area contributed by atoms with E-state index in [2.05, 4.69) is 36.2 Å². The van der Waals surface area contributed by atoms with Crippen LogP contribution >= 0.6 is 0 Å². The topological polar surface area (TPSA) is 12.9 Å². The van der Waals surface area contributed by atoms with Gasteiger partial charge >= 0.3 is 6.68 Å². The van der Waals surface area contributed by atoms with E-state index >= 15 is 0 Å². The number of hydrogen-bond acceptors (Lipinski definition) is 1. The smallest absolute Gasteiger partial charge is 0.256 e. The first-order chi connectivity index (χ1) is 8.63. The fourth-order valence-electron chi connectivity index (χ4n) is 1.41. The third-order valence-corrected chi connectivity index (χ3v) is 2.30. The summed E-state index contributed by atoms with van der Waals surface area (Å²) >= 11 is 0. The van der Waals surface area contributed by atoms with Gasteiger partial charge in [0, 0.05) is 31.9 Å². The fraction of sp³-hybridized carbons (Fsp3) is 0.214. The van der Waals surface area contributed by atoms with Crippen molar-refractivity contribution < 1.29 is 33.3 Å². The maximum atomic E-state index is 9.67. The van der Waals surface area contributed by atoms with Crippen LogP contribution in [0.4, 0.5) is 13.2 Å². The quantitative estimate of drug-likeness (QED) is 0.664. The third kappa shape index (κ3) is 7.09. The average molecular weight is 445 g/mol. The minimum Gasteiger partial charge on any atom is -0.256 e. The number of alkyl halides is 3. The first-order valence-corrected chi connectivity index (χ1v) is 5.56. The molecule has 2 rings (SSSR count). The van der Waals surface area contributed by atoms with Crippen molar-refractivity contribution in [3.8, 4) is 11.3 Å². The number of rotatable bonds is 2. The van der Waals surface area contributed by atoms with Crippen LogP contribution in [0.15, 0.2) is 48.7 Å². The molecule has 0 saturated carbocycles. The van der Waals surface area contributed by atoms with Gasteiger partial charge in [-0.15, -0.1) is 0 Å². The van der Waals surface area contributed by atoms with Crippen molar-refractivity contribution in [2.75, 3.05) is 0 Å². The van der Waals surface area contributed by atoms with Gasteiger partial charge in [-0.2, -0.15) is 13.2 Å². The third-order valence-electron chi connectivity index (χ3n) is 2.30. The first-order valence-electron chi connectivity index (χ1n) is 5.56. The van der Waals surface area contributed by atoms with Gasteiger partial charge in [-0.1, -0.05) is 43.3 Å². The fourth-order valence-corrected chi connectivity index (χ4v) is 1.41. The van der Waals surface area contributed by atoms with Crippen molar-refractivity contribution in [1.29, 1.82) is 0 Å². The van der Waals surface area contributed by atoms with Crippen LogP contribution in [0.1, 0.15) is 12.5 Å². The largest absolute Gasteiger partial charge is 0.379 e. The van der Waals surface area contributed by atoms with E-state index in [0.29, 0.717) is 0 Å². The predicted molar refractivity (Wildman–Crippen MR) is 66.2 cm³/mol. The van der Waals surface area contributed by atoms with Crippen LogP contribution in [0.25, 0.3) is 11.3 Å². The summed E-state index contributed by atoms with van der Waals surface area (Å²) in [5.41, 5.74) is 3.50. The Hall–Kier alpha value is -1.19. The Kier molecular flexibility index (Phi) is 9.09. The van der Waals surface area contributed by atoms with Crippen LogP contribution in [-0.2, 0) is 26.5 Å². The molecule has 1 nitrogen and oxygen atoms in total. The van der Waals surface area contributed by atoms with E-state index in [1.165, 1.54) is 11.1 Å². The maximum Gasteiger partial charge on any atom is 0.379 e. The van der Waals surface area contributed by atoms with E-state index in [4.69, 9.17) is 0 Å². The molecule has 0 amide bonds. The van der Waals surface area contributed by atoms with E-state index in [1.807, 2.05) is 24.4 Å². The summed E-state index contributed by atoms with van der Waals surface area (Å²) in [7, 11) is 0. The summed E-state index contributed by atoms with van der Waals surface area (Å²) in [4.78, 5) is 4.42. The molecule has 1 heterocycles. The van der Waals surface area contributed by atoms with E-state index < -0.39 is 6.68 Å². The van der Waals surface area contributed by atoms with Crippen LogP contribution in [0.5, 0.6) is 0 Å². The maximum absolute atomic E-state index is 9.67. The van der Waals surface area contributed by atoms with Crippen molar-refractivity contribution in [3.05, 3.63) is 54.2 Å². The van der Waals surface area contributed by atoms with Crippen molar-refractivity contribution >= 4 is 0 Å². The molecule has 105 valence electrons. The van der Waals surface area contributed by atoms with Gasteiger partial charge in [0.1, 0.15) is 0 Å². The number of aromatic nitrogens is 1. The average Bonchev–Trinajstić information content (AvgIpc) is 2.39. The standard InChI is InChI=1S/C13H13N.CHF3.Ir/c1-2-11-8-9-13(14-10-11)12-6-4-3-5-7-12;2-1(3)4;/h3-10H,2H2,1H3;1H;. The van der Waals surface area contributed by atoms with Gasteiger partial charge in [0.15, 0.2) is 0 Å². The molecule has 0 atom stereocenters. The molecule has 19 heavy (non-hydrogen) atoms. The molecule has 0 saturated heterocycles. The summed E-state index contributed by atoms with van der Waals surface area (Å²) in [5, 5.41) is 0. The molecule has 0 N–H and O–H groups in total. The Bertz CT molecular complexity index is 443. The predicted octanol–water partition coefficient (Wildman–Crippen LogP) is 4.49. The molecule has 0 spiro atoms. The first kappa shape index (κ1) is 17.8. The van der Waals surface area contributed by atoms with Crippen molar-refractivity contribution in [2.24, 2.45) is 0 Å². The van der Waals surface area contributed by atoms with E-state index in [9.17, 15) is 13.2 Å². The second-order valence-electron chi connectivity index (χ2n) is 3.52. The van der Waals surface area contributed by atoms with Gasteiger partial charge in [0.05, 0.1) is 5.69 Å². The molecule has 1 radical (unpaired) electrons. The zero-order valence-corrected chi connectivity index (χ0v) is 12.7. The Morgan fingerprint density at radius 1 is 1.00 bits per heavy atom. The Morgan fingerprint density at radius 2 is 1.58 bits per heavy atom. The summed E-state index contributed by atoms with van der Waals surface area (Å²) in [5.74, 6) is 0. The molecule has 5 heteroatoms. The minimum absolute atomic E-state index is 0. The molecular formula is C14H14F3IrN. The van der Waals surface area contributed by atoms with Gasteiger partial charge in [-0.05, 0) is 18.1 Å². The Labute approximate surface area is 124 Å². The number of halogens is 3.